The van der Waals surface area contributed by atoms with Crippen molar-refractivity contribution in [3.05, 3.63) is 0 Å². The second-order valence-corrected chi connectivity index (χ2v) is 4.28. The van der Waals surface area contributed by atoms with Crippen molar-refractivity contribution in [1.29, 1.82) is 0 Å². The first-order chi connectivity index (χ1) is 7.57. The van der Waals surface area contributed by atoms with Crippen molar-refractivity contribution in [2.75, 3.05) is 7.11 Å². The van der Waals surface area contributed by atoms with E-state index in [1.807, 2.05) is 6.92 Å². The van der Waals surface area contributed by atoms with Crippen LogP contribution in [-0.4, -0.2) is 40.3 Å². The highest BCUT2D eigenvalue weighted by Gasteiger charge is 2.26. The lowest BCUT2D eigenvalue weighted by Gasteiger charge is -2.22. The number of ketones is 1. The fourth-order valence-corrected chi connectivity index (χ4v) is 0.688. The van der Waals surface area contributed by atoms with Gasteiger partial charge in [0.15, 0.2) is 11.4 Å². The van der Waals surface area contributed by atoms with Gasteiger partial charge < -0.3 is 14.9 Å². The number of ether oxygens (including phenoxy) is 1. The molecule has 2 atom stereocenters. The lowest BCUT2D eigenvalue weighted by Crippen LogP contribution is -2.34. The average molecular weight is 248 g/mol. The maximum atomic E-state index is 10.8. The Morgan fingerprint density at radius 3 is 1.59 bits per heavy atom. The molecule has 0 aliphatic heterocycles. The minimum atomic E-state index is -1.54. The highest BCUT2D eigenvalue weighted by molar-refractivity contribution is 5.84. The van der Waals surface area contributed by atoms with Crippen LogP contribution in [0, 0.1) is 0 Å². The molecule has 17 heavy (non-hydrogen) atoms. The van der Waals surface area contributed by atoms with Crippen LogP contribution in [0.5, 0.6) is 0 Å². The molecule has 0 radical (unpaired) electrons. The summed E-state index contributed by atoms with van der Waals surface area (Å²) in [6.45, 7) is 8.18. The number of carboxylic acid groups (broad SMARTS) is 1. The van der Waals surface area contributed by atoms with Crippen LogP contribution in [-0.2, 0) is 14.3 Å². The summed E-state index contributed by atoms with van der Waals surface area (Å²) in [5.41, 5.74) is -2.10. The molecule has 0 rings (SSSR count). The Balaban J connectivity index is 0. The topological polar surface area (TPSA) is 83.8 Å². The van der Waals surface area contributed by atoms with Gasteiger partial charge in [-0.25, -0.2) is 4.79 Å². The van der Waals surface area contributed by atoms with Gasteiger partial charge >= 0.3 is 5.97 Å². The molecule has 0 saturated carbocycles. The second-order valence-electron chi connectivity index (χ2n) is 4.28. The molecule has 0 bridgehead atoms. The molecule has 102 valence electrons. The van der Waals surface area contributed by atoms with Crippen LogP contribution < -0.4 is 0 Å². The molecular formula is C12H24O5. The van der Waals surface area contributed by atoms with E-state index in [1.165, 1.54) is 6.92 Å². The van der Waals surface area contributed by atoms with E-state index in [0.29, 0.717) is 0 Å². The van der Waals surface area contributed by atoms with Gasteiger partial charge in [0.2, 0.25) is 0 Å². The number of methoxy groups -OCH3 is 1. The molecule has 0 saturated heterocycles. The number of aliphatic carboxylic acids is 1. The second kappa shape index (κ2) is 7.40. The van der Waals surface area contributed by atoms with E-state index < -0.39 is 17.2 Å². The number of rotatable bonds is 5. The fraction of sp³-hybridized carbons (Fsp3) is 0.833. The smallest absolute Gasteiger partial charge is 0.335 e. The Hall–Kier alpha value is -0.940. The minimum absolute atomic E-state index is 0.0903. The average Bonchev–Trinajstić information content (AvgIpc) is 2.28. The van der Waals surface area contributed by atoms with Crippen LogP contribution in [0.1, 0.15) is 47.5 Å². The van der Waals surface area contributed by atoms with Crippen LogP contribution in [0.3, 0.4) is 0 Å². The molecule has 0 aromatic rings. The van der Waals surface area contributed by atoms with Gasteiger partial charge in [0.25, 0.3) is 0 Å². The quantitative estimate of drug-likeness (QED) is 0.772. The first-order valence-electron chi connectivity index (χ1n) is 5.59. The number of hydrogen-bond donors (Lipinski definition) is 2. The zero-order chi connectivity index (χ0) is 14.3. The summed E-state index contributed by atoms with van der Waals surface area (Å²) in [5, 5.41) is 17.0. The summed E-state index contributed by atoms with van der Waals surface area (Å²) >= 11 is 0. The van der Waals surface area contributed by atoms with Crippen molar-refractivity contribution >= 4 is 11.8 Å². The maximum absolute atomic E-state index is 10.8. The number of aliphatic hydroxyl groups is 1. The highest BCUT2D eigenvalue weighted by atomic mass is 16.5. The Kier molecular flexibility index (Phi) is 8.02. The number of hydrogen-bond acceptors (Lipinski definition) is 4. The Morgan fingerprint density at radius 2 is 1.59 bits per heavy atom. The van der Waals surface area contributed by atoms with E-state index in [0.717, 1.165) is 6.42 Å². The monoisotopic (exact) mass is 248 g/mol. The van der Waals surface area contributed by atoms with Crippen LogP contribution in [0.2, 0.25) is 0 Å². The van der Waals surface area contributed by atoms with Crippen LogP contribution in [0.4, 0.5) is 0 Å². The van der Waals surface area contributed by atoms with Crippen LogP contribution in [0.15, 0.2) is 0 Å². The summed E-state index contributed by atoms with van der Waals surface area (Å²) < 4.78 is 5.00. The zero-order valence-corrected chi connectivity index (χ0v) is 11.5. The Morgan fingerprint density at radius 1 is 1.18 bits per heavy atom. The first-order valence-corrected chi connectivity index (χ1v) is 5.59. The van der Waals surface area contributed by atoms with Crippen molar-refractivity contribution in [3.63, 3.8) is 0 Å². The maximum Gasteiger partial charge on any atom is 0.335 e. The molecule has 0 heterocycles. The SMILES string of the molecule is CCC(C)(O)C(=O)O.CCC(C)(OC)C(C)=O. The number of Topliss-reactive ketones (excluding diaryl/α,β-unsaturated/α-hetero) is 1. The van der Waals surface area contributed by atoms with Gasteiger partial charge in [-0.1, -0.05) is 13.8 Å². The van der Waals surface area contributed by atoms with Gasteiger partial charge in [-0.05, 0) is 33.6 Å². The molecule has 0 spiro atoms. The van der Waals surface area contributed by atoms with E-state index >= 15 is 0 Å². The van der Waals surface area contributed by atoms with E-state index in [-0.39, 0.29) is 12.2 Å². The molecule has 0 aliphatic rings. The molecule has 5 heteroatoms. The molecule has 5 nitrogen and oxygen atoms in total. The first kappa shape index (κ1) is 18.4. The van der Waals surface area contributed by atoms with Crippen LogP contribution >= 0.6 is 0 Å². The lowest BCUT2D eigenvalue weighted by molar-refractivity contribution is -0.156. The Labute approximate surface area is 103 Å². The minimum Gasteiger partial charge on any atom is -0.479 e. The molecule has 0 aromatic heterocycles. The third kappa shape index (κ3) is 6.38. The summed E-state index contributed by atoms with van der Waals surface area (Å²) in [4.78, 5) is 20.8. The van der Waals surface area contributed by atoms with Crippen molar-refractivity contribution in [2.24, 2.45) is 0 Å². The molecule has 0 aliphatic carbocycles. The van der Waals surface area contributed by atoms with Gasteiger partial charge in [0.1, 0.15) is 5.60 Å². The summed E-state index contributed by atoms with van der Waals surface area (Å²) in [6.07, 6.45) is 0.973. The number of carbonyl (C=O) groups excluding carboxylic acids is 1. The number of carboxylic acids is 1. The molecule has 0 amide bonds. The van der Waals surface area contributed by atoms with Crippen molar-refractivity contribution in [1.82, 2.24) is 0 Å². The van der Waals surface area contributed by atoms with Gasteiger partial charge in [-0.2, -0.15) is 0 Å². The van der Waals surface area contributed by atoms with Gasteiger partial charge in [0.05, 0.1) is 0 Å². The lowest BCUT2D eigenvalue weighted by atomic mass is 9.99. The van der Waals surface area contributed by atoms with E-state index in [4.69, 9.17) is 14.9 Å². The highest BCUT2D eigenvalue weighted by Crippen LogP contribution is 2.14. The van der Waals surface area contributed by atoms with Gasteiger partial charge in [0, 0.05) is 7.11 Å². The summed E-state index contributed by atoms with van der Waals surface area (Å²) in [5.74, 6) is -1.08. The Bertz CT molecular complexity index is 254. The third-order valence-electron chi connectivity index (χ3n) is 3.02. The predicted molar refractivity (Wildman–Crippen MR) is 64.9 cm³/mol. The predicted octanol–water partition coefficient (Wildman–Crippen LogP) is 1.62. The van der Waals surface area contributed by atoms with Gasteiger partial charge in [-0.3, -0.25) is 4.79 Å². The molecule has 0 fully saturated rings. The van der Waals surface area contributed by atoms with Crippen molar-refractivity contribution < 1.29 is 24.5 Å². The molecule has 2 unspecified atom stereocenters. The van der Waals surface area contributed by atoms with E-state index in [9.17, 15) is 9.59 Å². The van der Waals surface area contributed by atoms with Crippen molar-refractivity contribution in [3.8, 4) is 0 Å². The summed E-state index contributed by atoms with van der Waals surface area (Å²) in [7, 11) is 1.56. The molecule has 0 aromatic carbocycles. The fourth-order valence-electron chi connectivity index (χ4n) is 0.688. The van der Waals surface area contributed by atoms with Gasteiger partial charge in [-0.15, -0.1) is 0 Å². The third-order valence-corrected chi connectivity index (χ3v) is 3.02. The van der Waals surface area contributed by atoms with E-state index in [2.05, 4.69) is 0 Å². The van der Waals surface area contributed by atoms with E-state index in [1.54, 1.807) is 27.9 Å². The van der Waals surface area contributed by atoms with Crippen molar-refractivity contribution in [2.45, 2.75) is 58.7 Å². The van der Waals surface area contributed by atoms with Crippen LogP contribution in [0.25, 0.3) is 0 Å². The molecule has 2 N–H and O–H groups in total. The normalized spacial score (nSPS) is 17.1. The standard InChI is InChI=1S/C7H14O2.C5H10O3/c1-5-7(3,9-4)6(2)8;1-3-5(2,8)4(6)7/h5H2,1-4H3;8H,3H2,1-2H3,(H,6,7). The molecular weight excluding hydrogens is 224 g/mol. The number of carbonyl (C=O) groups is 2. The zero-order valence-electron chi connectivity index (χ0n) is 11.5. The summed E-state index contributed by atoms with van der Waals surface area (Å²) in [6, 6.07) is 0. The largest absolute Gasteiger partial charge is 0.479 e.